The highest BCUT2D eigenvalue weighted by atomic mass is 28.4. The van der Waals surface area contributed by atoms with Crippen molar-refractivity contribution in [2.24, 2.45) is 11.8 Å². The van der Waals surface area contributed by atoms with Gasteiger partial charge in [0.2, 0.25) is 0 Å². The van der Waals surface area contributed by atoms with Gasteiger partial charge in [-0.05, 0) is 54.5 Å². The molecule has 0 aromatic heterocycles. The summed E-state index contributed by atoms with van der Waals surface area (Å²) >= 11 is 0. The fraction of sp³-hybridized carbons (Fsp3) is 0.767. The van der Waals surface area contributed by atoms with E-state index in [-0.39, 0.29) is 64.7 Å². The number of carbonyl (C=O) groups is 1. The summed E-state index contributed by atoms with van der Waals surface area (Å²) in [6.45, 7) is 21.8. The van der Waals surface area contributed by atoms with Gasteiger partial charge in [-0.25, -0.2) is 0 Å². The van der Waals surface area contributed by atoms with E-state index in [2.05, 4.69) is 67.7 Å². The van der Waals surface area contributed by atoms with E-state index in [0.29, 0.717) is 12.8 Å². The third-order valence-electron chi connectivity index (χ3n) is 9.94. The third kappa shape index (κ3) is 7.05. The van der Waals surface area contributed by atoms with E-state index < -0.39 is 34.5 Å². The van der Waals surface area contributed by atoms with E-state index in [1.807, 2.05) is 0 Å². The van der Waals surface area contributed by atoms with Crippen LogP contribution in [-0.4, -0.2) is 59.7 Å². The van der Waals surface area contributed by atoms with Crippen LogP contribution in [-0.2, 0) is 29.3 Å². The molecule has 3 aliphatic rings. The number of rotatable bonds is 9. The summed E-state index contributed by atoms with van der Waals surface area (Å²) in [5, 5.41) is -0.0769. The van der Waals surface area contributed by atoms with Crippen LogP contribution >= 0.6 is 0 Å². The van der Waals surface area contributed by atoms with Crippen molar-refractivity contribution in [3.8, 4) is 5.75 Å². The number of halogens is 3. The van der Waals surface area contributed by atoms with E-state index in [9.17, 15) is 18.0 Å². The largest absolute Gasteiger partial charge is 0.491 e. The Morgan fingerprint density at radius 1 is 1.00 bits per heavy atom. The lowest BCUT2D eigenvalue weighted by molar-refractivity contribution is -0.142. The number of alkyl halides is 3. The molecule has 3 fully saturated rings. The summed E-state index contributed by atoms with van der Waals surface area (Å²) in [5.41, 5.74) is -0.758. The predicted molar refractivity (Wildman–Crippen MR) is 156 cm³/mol. The molecular formula is C30H47F3O6Si2. The molecule has 232 valence electrons. The molecule has 11 heteroatoms. The van der Waals surface area contributed by atoms with Crippen LogP contribution in [0.3, 0.4) is 0 Å². The summed E-state index contributed by atoms with van der Waals surface area (Å²) in [7, 11) is -4.42. The Labute approximate surface area is 244 Å². The first-order valence-corrected chi connectivity index (χ1v) is 20.4. The van der Waals surface area contributed by atoms with Crippen LogP contribution in [0.2, 0.25) is 36.3 Å². The predicted octanol–water partition coefficient (Wildman–Crippen LogP) is 7.58. The van der Waals surface area contributed by atoms with Gasteiger partial charge in [0.05, 0.1) is 24.2 Å². The molecule has 6 nitrogen and oxygen atoms in total. The lowest BCUT2D eigenvalue weighted by atomic mass is 9.87. The summed E-state index contributed by atoms with van der Waals surface area (Å²) in [6.07, 6.45) is -4.78. The first kappa shape index (κ1) is 32.5. The molecule has 3 unspecified atom stereocenters. The number of hydrogen-bond donors (Lipinski definition) is 0. The number of ether oxygens (including phenoxy) is 3. The van der Waals surface area contributed by atoms with Gasteiger partial charge in [0.15, 0.2) is 16.6 Å². The van der Waals surface area contributed by atoms with Crippen LogP contribution < -0.4 is 4.74 Å². The number of esters is 1. The van der Waals surface area contributed by atoms with Crippen molar-refractivity contribution in [1.29, 1.82) is 0 Å². The van der Waals surface area contributed by atoms with E-state index in [0.717, 1.165) is 12.1 Å². The van der Waals surface area contributed by atoms with Gasteiger partial charge in [0, 0.05) is 18.3 Å². The highest BCUT2D eigenvalue weighted by molar-refractivity contribution is 6.74. The molecule has 0 spiro atoms. The smallest absolute Gasteiger partial charge is 0.416 e. The minimum atomic E-state index is -4.46. The second-order valence-corrected chi connectivity index (χ2v) is 24.5. The Hall–Kier alpha value is -1.41. The molecule has 0 amide bonds. The Morgan fingerprint density at radius 3 is 2.22 bits per heavy atom. The van der Waals surface area contributed by atoms with Crippen molar-refractivity contribution in [2.75, 3.05) is 6.61 Å². The van der Waals surface area contributed by atoms with E-state index in [4.69, 9.17) is 23.1 Å². The molecule has 0 bridgehead atoms. The lowest BCUT2D eigenvalue weighted by Gasteiger charge is -2.40. The highest BCUT2D eigenvalue weighted by Gasteiger charge is 2.63. The fourth-order valence-corrected chi connectivity index (χ4v) is 8.15. The maximum Gasteiger partial charge on any atom is 0.416 e. The summed E-state index contributed by atoms with van der Waals surface area (Å²) in [6, 6.07) is 4.91. The van der Waals surface area contributed by atoms with Gasteiger partial charge in [0.25, 0.3) is 0 Å². The quantitative estimate of drug-likeness (QED) is 0.162. The van der Waals surface area contributed by atoms with Crippen LogP contribution in [0.5, 0.6) is 5.75 Å². The van der Waals surface area contributed by atoms with Gasteiger partial charge in [-0.2, -0.15) is 13.2 Å². The SMILES string of the molecule is CC(C)(C)[Si](C)(C)OC(COc1cccc(C(F)(F)F)c1)C1O[C@H]1[C@H]1C2CC(=O)O[C@H]2C[C@H]1O[Si](C)(C)C(C)(C)C. The van der Waals surface area contributed by atoms with Crippen LogP contribution in [0.1, 0.15) is 59.9 Å². The molecule has 1 saturated carbocycles. The number of fused-ring (bicyclic) bond motifs is 1. The number of epoxide rings is 1. The van der Waals surface area contributed by atoms with Gasteiger partial charge in [-0.3, -0.25) is 4.79 Å². The molecule has 2 heterocycles. The second kappa shape index (κ2) is 10.9. The molecule has 7 atom stereocenters. The molecule has 1 aromatic rings. The Balaban J connectivity index is 1.57. The zero-order valence-electron chi connectivity index (χ0n) is 26.1. The molecule has 2 aliphatic heterocycles. The number of carbonyl (C=O) groups excluding carboxylic acids is 1. The average Bonchev–Trinajstić information content (AvgIpc) is 3.40. The molecule has 41 heavy (non-hydrogen) atoms. The molecule has 1 aromatic carbocycles. The van der Waals surface area contributed by atoms with Gasteiger partial charge in [-0.15, -0.1) is 0 Å². The zero-order chi connectivity index (χ0) is 30.8. The lowest BCUT2D eigenvalue weighted by Crippen LogP contribution is -2.48. The summed E-state index contributed by atoms with van der Waals surface area (Å²) in [4.78, 5) is 12.3. The minimum Gasteiger partial charge on any atom is -0.491 e. The highest BCUT2D eigenvalue weighted by Crippen LogP contribution is 2.53. The van der Waals surface area contributed by atoms with Crippen LogP contribution in [0.4, 0.5) is 13.2 Å². The third-order valence-corrected chi connectivity index (χ3v) is 18.9. The normalized spacial score (nSPS) is 29.7. The summed E-state index contributed by atoms with van der Waals surface area (Å²) < 4.78 is 71.6. The molecular weight excluding hydrogens is 569 g/mol. The van der Waals surface area contributed by atoms with Crippen LogP contribution in [0.25, 0.3) is 0 Å². The Bertz CT molecular complexity index is 1110. The molecule has 0 N–H and O–H groups in total. The summed E-state index contributed by atoms with van der Waals surface area (Å²) in [5.74, 6) is -0.0829. The van der Waals surface area contributed by atoms with E-state index in [1.165, 1.54) is 12.1 Å². The first-order valence-electron chi connectivity index (χ1n) is 14.6. The Kier molecular flexibility index (Phi) is 8.68. The van der Waals surface area contributed by atoms with Crippen molar-refractivity contribution in [2.45, 2.75) is 127 Å². The van der Waals surface area contributed by atoms with Crippen LogP contribution in [0.15, 0.2) is 24.3 Å². The van der Waals surface area contributed by atoms with Crippen LogP contribution in [0, 0.1) is 11.8 Å². The minimum absolute atomic E-state index is 0.00479. The van der Waals surface area contributed by atoms with Crippen molar-refractivity contribution in [1.82, 2.24) is 0 Å². The van der Waals surface area contributed by atoms with Crippen molar-refractivity contribution in [3.63, 3.8) is 0 Å². The van der Waals surface area contributed by atoms with Crippen molar-refractivity contribution < 1.29 is 41.0 Å². The second-order valence-electron chi connectivity index (χ2n) is 14.9. The zero-order valence-corrected chi connectivity index (χ0v) is 28.1. The van der Waals surface area contributed by atoms with Gasteiger partial charge in [0.1, 0.15) is 30.7 Å². The fourth-order valence-electron chi connectivity index (χ4n) is 5.47. The first-order chi connectivity index (χ1) is 18.6. The Morgan fingerprint density at radius 2 is 1.63 bits per heavy atom. The molecule has 4 rings (SSSR count). The maximum absolute atomic E-state index is 13.3. The van der Waals surface area contributed by atoms with Gasteiger partial charge >= 0.3 is 12.1 Å². The number of hydrogen-bond acceptors (Lipinski definition) is 6. The van der Waals surface area contributed by atoms with E-state index in [1.54, 1.807) is 0 Å². The van der Waals surface area contributed by atoms with Crippen molar-refractivity contribution >= 4 is 22.6 Å². The monoisotopic (exact) mass is 616 g/mol. The van der Waals surface area contributed by atoms with Crippen molar-refractivity contribution in [3.05, 3.63) is 29.8 Å². The van der Waals surface area contributed by atoms with Gasteiger partial charge < -0.3 is 23.1 Å². The maximum atomic E-state index is 13.3. The topological polar surface area (TPSA) is 66.5 Å². The average molecular weight is 617 g/mol. The molecule has 0 radical (unpaired) electrons. The standard InChI is InChI=1S/C30H47F3O6Si2/c1-28(2,3)40(7,8)38-22-16-21-20(15-24(34)36-21)25(22)27-26(37-27)23(39-41(9,10)29(4,5)6)17-35-19-13-11-12-18(14-19)30(31,32)33/h11-14,20-23,25-27H,15-17H2,1-10H3/t20?,21-,22+,23?,25-,26?,27-/m0/s1. The van der Waals surface area contributed by atoms with Gasteiger partial charge in [-0.1, -0.05) is 47.6 Å². The van der Waals surface area contributed by atoms with E-state index >= 15 is 0 Å². The molecule has 2 saturated heterocycles. The number of benzene rings is 1. The molecule has 1 aliphatic carbocycles.